The Labute approximate surface area is 186 Å². The first-order chi connectivity index (χ1) is 15.0. The number of carbonyl (C=O) groups is 3. The lowest BCUT2D eigenvalue weighted by molar-refractivity contribution is -0.148. The lowest BCUT2D eigenvalue weighted by Gasteiger charge is -2.49. The molecule has 4 N–H and O–H groups in total. The Morgan fingerprint density at radius 3 is 2.84 bits per heavy atom. The summed E-state index contributed by atoms with van der Waals surface area (Å²) >= 11 is 2.75. The van der Waals surface area contributed by atoms with Crippen molar-refractivity contribution in [3.05, 3.63) is 53.5 Å². The van der Waals surface area contributed by atoms with Crippen molar-refractivity contribution >= 4 is 41.4 Å². The fraction of sp³-hybridized carbons (Fsp3) is 0.316. The number of urea groups is 1. The van der Waals surface area contributed by atoms with Crippen LogP contribution in [0.25, 0.3) is 0 Å². The van der Waals surface area contributed by atoms with Gasteiger partial charge in [0.2, 0.25) is 0 Å². The van der Waals surface area contributed by atoms with Crippen molar-refractivity contribution < 1.29 is 19.5 Å². The molecule has 1 fully saturated rings. The summed E-state index contributed by atoms with van der Waals surface area (Å²) in [6.45, 7) is 1.85. The van der Waals surface area contributed by atoms with Gasteiger partial charge in [0.25, 0.3) is 5.91 Å². The van der Waals surface area contributed by atoms with Crippen LogP contribution in [-0.2, 0) is 9.59 Å². The number of carboxylic acid groups (broad SMARTS) is 1. The summed E-state index contributed by atoms with van der Waals surface area (Å²) in [5, 5.41) is 22.9. The van der Waals surface area contributed by atoms with Gasteiger partial charge in [-0.1, -0.05) is 42.1 Å². The third-order valence-corrected chi connectivity index (χ3v) is 7.27. The van der Waals surface area contributed by atoms with Crippen molar-refractivity contribution in [2.75, 3.05) is 11.5 Å². The summed E-state index contributed by atoms with van der Waals surface area (Å²) < 4.78 is 0. The summed E-state index contributed by atoms with van der Waals surface area (Å²) in [6.07, 6.45) is 1.44. The summed E-state index contributed by atoms with van der Waals surface area (Å²) in [6, 6.07) is 7.99. The van der Waals surface area contributed by atoms with Crippen LogP contribution in [-0.4, -0.2) is 66.0 Å². The number of benzene rings is 1. The molecule has 3 atom stereocenters. The van der Waals surface area contributed by atoms with Gasteiger partial charge >= 0.3 is 12.0 Å². The minimum atomic E-state index is -1.16. The molecule has 12 heteroatoms. The zero-order chi connectivity index (χ0) is 22.0. The van der Waals surface area contributed by atoms with Gasteiger partial charge in [-0.3, -0.25) is 9.69 Å². The average Bonchev–Trinajstić information content (AvgIpc) is 3.29. The smallest absolute Gasteiger partial charge is 0.352 e. The molecule has 0 bridgehead atoms. The van der Waals surface area contributed by atoms with Crippen molar-refractivity contribution in [2.24, 2.45) is 0 Å². The Hall–Kier alpha value is -2.99. The van der Waals surface area contributed by atoms with E-state index in [1.54, 1.807) is 0 Å². The molecule has 3 amide bonds. The first-order valence-electron chi connectivity index (χ1n) is 9.46. The van der Waals surface area contributed by atoms with E-state index in [1.807, 2.05) is 37.3 Å². The predicted molar refractivity (Wildman–Crippen MR) is 115 cm³/mol. The van der Waals surface area contributed by atoms with Crippen LogP contribution in [0.15, 0.2) is 53.1 Å². The largest absolute Gasteiger partial charge is 0.477 e. The number of β-lactam (4-membered cyclic amide) rings is 1. The highest BCUT2D eigenvalue weighted by atomic mass is 32.2. The number of thioether (sulfide) groups is 2. The van der Waals surface area contributed by atoms with Crippen molar-refractivity contribution in [3.63, 3.8) is 0 Å². The quantitative estimate of drug-likeness (QED) is 0.361. The van der Waals surface area contributed by atoms with Crippen molar-refractivity contribution in [3.8, 4) is 0 Å². The third-order valence-electron chi connectivity index (χ3n) is 4.96. The Kier molecular flexibility index (Phi) is 6.18. The van der Waals surface area contributed by atoms with Gasteiger partial charge < -0.3 is 20.7 Å². The number of aromatic nitrogens is 3. The number of carboxylic acids is 1. The van der Waals surface area contributed by atoms with E-state index in [4.69, 9.17) is 0 Å². The Morgan fingerprint density at radius 2 is 2.16 bits per heavy atom. The van der Waals surface area contributed by atoms with Crippen LogP contribution >= 0.6 is 23.5 Å². The van der Waals surface area contributed by atoms with Gasteiger partial charge in [-0.15, -0.1) is 22.0 Å². The van der Waals surface area contributed by atoms with Crippen LogP contribution in [0.5, 0.6) is 0 Å². The number of nitrogens with zero attached hydrogens (tertiary/aromatic N) is 3. The first-order valence-corrected chi connectivity index (χ1v) is 11.5. The minimum absolute atomic E-state index is 0.0168. The summed E-state index contributed by atoms with van der Waals surface area (Å²) in [5.74, 6) is -0.781. The number of fused-ring (bicyclic) bond motifs is 1. The van der Waals surface area contributed by atoms with E-state index in [9.17, 15) is 19.5 Å². The Balaban J connectivity index is 1.40. The fourth-order valence-corrected chi connectivity index (χ4v) is 5.69. The Bertz CT molecular complexity index is 1010. The van der Waals surface area contributed by atoms with Gasteiger partial charge in [-0.2, -0.15) is 0 Å². The highest BCUT2D eigenvalue weighted by molar-refractivity contribution is 8.01. The number of carbonyl (C=O) groups excluding carboxylic acids is 2. The second kappa shape index (κ2) is 9.02. The number of aliphatic carboxylic acids is 1. The molecule has 10 nitrogen and oxygen atoms in total. The lowest BCUT2D eigenvalue weighted by atomic mass is 10.0. The molecule has 162 valence electrons. The summed E-state index contributed by atoms with van der Waals surface area (Å²) in [7, 11) is 0. The summed E-state index contributed by atoms with van der Waals surface area (Å²) in [4.78, 5) is 41.1. The molecule has 0 saturated carbocycles. The van der Waals surface area contributed by atoms with Crippen molar-refractivity contribution in [2.45, 2.75) is 29.5 Å². The zero-order valence-electron chi connectivity index (χ0n) is 16.4. The predicted octanol–water partition coefficient (Wildman–Crippen LogP) is 1.58. The van der Waals surface area contributed by atoms with Gasteiger partial charge in [0, 0.05) is 11.5 Å². The van der Waals surface area contributed by atoms with Crippen molar-refractivity contribution in [1.29, 1.82) is 0 Å². The molecule has 2 aliphatic rings. The van der Waals surface area contributed by atoms with Gasteiger partial charge in [0.05, 0.1) is 6.04 Å². The zero-order valence-corrected chi connectivity index (χ0v) is 18.1. The van der Waals surface area contributed by atoms with Crippen molar-refractivity contribution in [1.82, 2.24) is 30.7 Å². The minimum Gasteiger partial charge on any atom is -0.477 e. The maximum Gasteiger partial charge on any atom is 0.352 e. The molecule has 1 aromatic heterocycles. The standard InChI is InChI=1S/C19H20N6O4S2/c1-10(11-5-3-2-4-6-11)22-18(29)23-13-15(26)25-14(17(27)28)12(7-30-16(13)25)8-31-19-20-9-21-24-19/h2-6,9-10,13,16H,7-8H2,1H3,(H,27,28)(H,20,21,24)(H2,22,23,29)/t10?,13?,16-/m0/s1. The van der Waals surface area contributed by atoms with Crippen LogP contribution in [0.2, 0.25) is 0 Å². The fourth-order valence-electron chi connectivity index (χ4n) is 3.42. The summed E-state index contributed by atoms with van der Waals surface area (Å²) in [5.41, 5.74) is 1.55. The van der Waals surface area contributed by atoms with E-state index >= 15 is 0 Å². The maximum atomic E-state index is 12.7. The van der Waals surface area contributed by atoms with E-state index in [1.165, 1.54) is 34.8 Å². The SMILES string of the molecule is CC(NC(=O)NC1C(=O)N2C(C(=O)O)=C(CSc3nnc[nH]3)CS[C@@H]12)c1ccccc1. The van der Waals surface area contributed by atoms with Gasteiger partial charge in [0.15, 0.2) is 5.16 Å². The Morgan fingerprint density at radius 1 is 1.39 bits per heavy atom. The molecule has 3 heterocycles. The maximum absolute atomic E-state index is 12.7. The number of hydrogen-bond donors (Lipinski definition) is 4. The molecule has 0 radical (unpaired) electrons. The average molecular weight is 461 g/mol. The monoisotopic (exact) mass is 460 g/mol. The normalized spacial score (nSPS) is 21.2. The molecule has 2 unspecified atom stereocenters. The van der Waals surface area contributed by atoms with E-state index in [-0.39, 0.29) is 11.7 Å². The number of nitrogens with one attached hydrogen (secondary N) is 3. The molecule has 2 aromatic rings. The molecular formula is C19H20N6O4S2. The van der Waals surface area contributed by atoms with Crippen LogP contribution in [0.3, 0.4) is 0 Å². The molecule has 1 aromatic carbocycles. The van der Waals surface area contributed by atoms with E-state index in [0.29, 0.717) is 22.2 Å². The number of amides is 3. The second-order valence-electron chi connectivity index (χ2n) is 6.98. The van der Waals surface area contributed by atoms with E-state index < -0.39 is 29.3 Å². The van der Waals surface area contributed by atoms with Crippen LogP contribution in [0.4, 0.5) is 4.79 Å². The number of hydrogen-bond acceptors (Lipinski definition) is 7. The highest BCUT2D eigenvalue weighted by Gasteiger charge is 2.54. The van der Waals surface area contributed by atoms with Crippen LogP contribution < -0.4 is 10.6 Å². The number of rotatable bonds is 7. The molecule has 4 rings (SSSR count). The van der Waals surface area contributed by atoms with Crippen LogP contribution in [0.1, 0.15) is 18.5 Å². The van der Waals surface area contributed by atoms with Gasteiger partial charge in [-0.25, -0.2) is 9.59 Å². The number of H-pyrrole nitrogens is 1. The highest BCUT2D eigenvalue weighted by Crippen LogP contribution is 2.41. The second-order valence-corrected chi connectivity index (χ2v) is 9.05. The molecule has 31 heavy (non-hydrogen) atoms. The third kappa shape index (κ3) is 4.39. The first kappa shape index (κ1) is 21.2. The van der Waals surface area contributed by atoms with E-state index in [0.717, 1.165) is 5.56 Å². The number of aromatic amines is 1. The lowest BCUT2D eigenvalue weighted by Crippen LogP contribution is -2.71. The van der Waals surface area contributed by atoms with Gasteiger partial charge in [0.1, 0.15) is 23.4 Å². The molecule has 0 spiro atoms. The van der Waals surface area contributed by atoms with Gasteiger partial charge in [-0.05, 0) is 18.1 Å². The topological polar surface area (TPSA) is 140 Å². The molecule has 0 aliphatic carbocycles. The van der Waals surface area contributed by atoms with Crippen LogP contribution in [0, 0.1) is 0 Å². The molecule has 2 aliphatic heterocycles. The van der Waals surface area contributed by atoms with E-state index in [2.05, 4.69) is 25.8 Å². The molecule has 1 saturated heterocycles. The molecular weight excluding hydrogens is 440 g/mol.